The molecule has 126 valence electrons. The number of carbonyl (C=O) groups excluding carboxylic acids is 1. The lowest BCUT2D eigenvalue weighted by atomic mass is 9.81. The molecule has 7 nitrogen and oxygen atoms in total. The number of rotatable bonds is 3. The number of amides is 1. The summed E-state index contributed by atoms with van der Waals surface area (Å²) in [6, 6.07) is 10.8. The maximum atomic E-state index is 12.3. The summed E-state index contributed by atoms with van der Waals surface area (Å²) in [5, 5.41) is 10.8. The fourth-order valence-electron chi connectivity index (χ4n) is 3.25. The van der Waals surface area contributed by atoms with E-state index in [4.69, 9.17) is 0 Å². The molecule has 0 bridgehead atoms. The molecule has 1 aliphatic carbocycles. The van der Waals surface area contributed by atoms with Gasteiger partial charge >= 0.3 is 5.69 Å². The fourth-order valence-corrected chi connectivity index (χ4v) is 3.25. The van der Waals surface area contributed by atoms with Crippen molar-refractivity contribution in [3.8, 4) is 0 Å². The molecule has 3 rings (SSSR count). The van der Waals surface area contributed by atoms with E-state index in [0.717, 1.165) is 18.9 Å². The number of hydrogen-bond donors (Lipinski definition) is 3. The number of aromatic amines is 2. The third-order valence-corrected chi connectivity index (χ3v) is 4.51. The Morgan fingerprint density at radius 1 is 1.04 bits per heavy atom. The predicted molar refractivity (Wildman–Crippen MR) is 87.1 cm³/mol. The molecule has 2 aromatic rings. The van der Waals surface area contributed by atoms with Gasteiger partial charge < -0.3 is 4.98 Å². The molecule has 3 N–H and O–H groups in total. The van der Waals surface area contributed by atoms with Crippen LogP contribution in [-0.2, 0) is 0 Å². The van der Waals surface area contributed by atoms with Crippen LogP contribution in [0.4, 0.5) is 0 Å². The van der Waals surface area contributed by atoms with Gasteiger partial charge in [-0.05, 0) is 37.2 Å². The Hall–Kier alpha value is -2.67. The van der Waals surface area contributed by atoms with Gasteiger partial charge in [0, 0.05) is 6.07 Å². The summed E-state index contributed by atoms with van der Waals surface area (Å²) in [5.74, 6) is -0.341. The first-order chi connectivity index (χ1) is 11.5. The van der Waals surface area contributed by atoms with Gasteiger partial charge in [-0.3, -0.25) is 19.8 Å². The number of hydrogen-bond acceptors (Lipinski definition) is 4. The second-order valence-corrected chi connectivity index (χ2v) is 6.07. The maximum absolute atomic E-state index is 12.3. The molecule has 0 aliphatic heterocycles. The summed E-state index contributed by atoms with van der Waals surface area (Å²) < 4.78 is 0. The SMILES string of the molecule is O=C(c1cc(=O)[nH]c(=O)[nH]1)N(O)[C@H]1CC[C@@H](c2ccccc2)CC1. The van der Waals surface area contributed by atoms with Crippen molar-refractivity contribution in [3.05, 3.63) is 68.5 Å². The number of H-pyrrole nitrogens is 2. The van der Waals surface area contributed by atoms with Gasteiger partial charge in [0.25, 0.3) is 11.5 Å². The zero-order chi connectivity index (χ0) is 17.1. The summed E-state index contributed by atoms with van der Waals surface area (Å²) in [7, 11) is 0. The summed E-state index contributed by atoms with van der Waals surface area (Å²) in [5.41, 5.74) is -0.391. The van der Waals surface area contributed by atoms with Crippen LogP contribution in [0.2, 0.25) is 0 Å². The van der Waals surface area contributed by atoms with E-state index in [1.54, 1.807) is 0 Å². The van der Waals surface area contributed by atoms with Gasteiger partial charge in [-0.25, -0.2) is 9.86 Å². The van der Waals surface area contributed by atoms with Gasteiger partial charge in [0.15, 0.2) is 0 Å². The van der Waals surface area contributed by atoms with E-state index in [-0.39, 0.29) is 11.7 Å². The van der Waals surface area contributed by atoms with Crippen molar-refractivity contribution >= 4 is 5.91 Å². The first-order valence-corrected chi connectivity index (χ1v) is 7.95. The van der Waals surface area contributed by atoms with Crippen molar-refractivity contribution in [2.45, 2.75) is 37.6 Å². The lowest BCUT2D eigenvalue weighted by molar-refractivity contribution is -0.0977. The van der Waals surface area contributed by atoms with Gasteiger partial charge in [0.05, 0.1) is 6.04 Å². The van der Waals surface area contributed by atoms with Gasteiger partial charge in [0.2, 0.25) is 0 Å². The Morgan fingerprint density at radius 2 is 1.71 bits per heavy atom. The molecule has 1 aliphatic rings. The molecule has 0 unspecified atom stereocenters. The minimum atomic E-state index is -0.771. The molecule has 1 amide bonds. The Bertz CT molecular complexity index is 791. The molecule has 0 saturated heterocycles. The van der Waals surface area contributed by atoms with Crippen LogP contribution < -0.4 is 11.2 Å². The van der Waals surface area contributed by atoms with Crippen LogP contribution in [0.3, 0.4) is 0 Å². The van der Waals surface area contributed by atoms with Crippen LogP contribution in [0, 0.1) is 0 Å². The van der Waals surface area contributed by atoms with Crippen LogP contribution in [-0.4, -0.2) is 32.2 Å². The highest BCUT2D eigenvalue weighted by Crippen LogP contribution is 2.34. The molecule has 1 aromatic heterocycles. The van der Waals surface area contributed by atoms with Crippen molar-refractivity contribution in [2.75, 3.05) is 0 Å². The van der Waals surface area contributed by atoms with Crippen LogP contribution in [0.15, 0.2) is 46.0 Å². The molecule has 0 radical (unpaired) electrons. The second kappa shape index (κ2) is 6.84. The molecule has 0 atom stereocenters. The molecule has 24 heavy (non-hydrogen) atoms. The lowest BCUT2D eigenvalue weighted by Gasteiger charge is -2.33. The number of hydroxylamine groups is 2. The molecular formula is C17H19N3O4. The highest BCUT2D eigenvalue weighted by atomic mass is 16.5. The average molecular weight is 329 g/mol. The van der Waals surface area contributed by atoms with E-state index < -0.39 is 17.2 Å². The van der Waals surface area contributed by atoms with Crippen molar-refractivity contribution in [3.63, 3.8) is 0 Å². The number of carbonyl (C=O) groups is 1. The van der Waals surface area contributed by atoms with Crippen molar-refractivity contribution in [2.24, 2.45) is 0 Å². The van der Waals surface area contributed by atoms with E-state index in [1.165, 1.54) is 5.56 Å². The molecule has 1 fully saturated rings. The van der Waals surface area contributed by atoms with Crippen LogP contribution in [0.5, 0.6) is 0 Å². The monoisotopic (exact) mass is 329 g/mol. The van der Waals surface area contributed by atoms with Crippen LogP contribution in [0.25, 0.3) is 0 Å². The summed E-state index contributed by atoms with van der Waals surface area (Å²) in [6.07, 6.45) is 3.06. The standard InChI is InChI=1S/C17H19N3O4/c21-15-10-14(18-17(23)19-15)16(22)20(24)13-8-6-12(7-9-13)11-4-2-1-3-5-11/h1-5,10,12-13,24H,6-9H2,(H2,18,19,21,23)/t12-,13+. The molecule has 0 spiro atoms. The minimum Gasteiger partial charge on any atom is -0.303 e. The number of nitrogens with one attached hydrogen (secondary N) is 2. The van der Waals surface area contributed by atoms with Gasteiger partial charge in [0.1, 0.15) is 5.69 Å². The number of benzene rings is 1. The lowest BCUT2D eigenvalue weighted by Crippen LogP contribution is -2.41. The van der Waals surface area contributed by atoms with Crippen molar-refractivity contribution in [1.82, 2.24) is 15.0 Å². The minimum absolute atomic E-state index is 0.212. The second-order valence-electron chi connectivity index (χ2n) is 6.07. The Kier molecular flexibility index (Phi) is 4.61. The molecule has 7 heteroatoms. The van der Waals surface area contributed by atoms with E-state index in [2.05, 4.69) is 17.1 Å². The third-order valence-electron chi connectivity index (χ3n) is 4.51. The zero-order valence-electron chi connectivity index (χ0n) is 13.1. The quantitative estimate of drug-likeness (QED) is 0.587. The van der Waals surface area contributed by atoms with Crippen LogP contribution in [0.1, 0.15) is 47.7 Å². The smallest absolute Gasteiger partial charge is 0.303 e. The largest absolute Gasteiger partial charge is 0.326 e. The number of nitrogens with zero attached hydrogens (tertiary/aromatic N) is 1. The fraction of sp³-hybridized carbons (Fsp3) is 0.353. The molecule has 1 aromatic carbocycles. The summed E-state index contributed by atoms with van der Waals surface area (Å²) in [6.45, 7) is 0. The highest BCUT2D eigenvalue weighted by molar-refractivity contribution is 5.91. The van der Waals surface area contributed by atoms with Crippen molar-refractivity contribution in [1.29, 1.82) is 0 Å². The Morgan fingerprint density at radius 3 is 2.33 bits per heavy atom. The van der Waals surface area contributed by atoms with Gasteiger partial charge in [-0.2, -0.15) is 0 Å². The highest BCUT2D eigenvalue weighted by Gasteiger charge is 2.29. The zero-order valence-corrected chi connectivity index (χ0v) is 13.1. The van der Waals surface area contributed by atoms with Crippen LogP contribution >= 0.6 is 0 Å². The third kappa shape index (κ3) is 3.46. The topological polar surface area (TPSA) is 106 Å². The molecule has 1 saturated carbocycles. The summed E-state index contributed by atoms with van der Waals surface area (Å²) in [4.78, 5) is 39.0. The van der Waals surface area contributed by atoms with E-state index in [0.29, 0.717) is 23.8 Å². The summed E-state index contributed by atoms with van der Waals surface area (Å²) >= 11 is 0. The normalized spacial score (nSPS) is 20.5. The Labute approximate surface area is 137 Å². The first-order valence-electron chi connectivity index (χ1n) is 7.95. The first kappa shape index (κ1) is 16.2. The Balaban J connectivity index is 1.66. The molecule has 1 heterocycles. The van der Waals surface area contributed by atoms with Gasteiger partial charge in [-0.1, -0.05) is 30.3 Å². The van der Waals surface area contributed by atoms with E-state index in [9.17, 15) is 19.6 Å². The average Bonchev–Trinajstić information content (AvgIpc) is 2.60. The van der Waals surface area contributed by atoms with E-state index >= 15 is 0 Å². The number of aromatic nitrogens is 2. The van der Waals surface area contributed by atoms with E-state index in [1.807, 2.05) is 23.2 Å². The van der Waals surface area contributed by atoms with Crippen molar-refractivity contribution < 1.29 is 10.0 Å². The van der Waals surface area contributed by atoms with Gasteiger partial charge in [-0.15, -0.1) is 0 Å². The predicted octanol–water partition coefficient (Wildman–Crippen LogP) is 1.62. The molecular weight excluding hydrogens is 310 g/mol. The maximum Gasteiger partial charge on any atom is 0.326 e.